The first kappa shape index (κ1) is 19.4. The van der Waals surface area contributed by atoms with Crippen LogP contribution in [0.15, 0.2) is 30.3 Å². The number of nitrogens with one attached hydrogen (secondary N) is 1. The first-order valence-corrected chi connectivity index (χ1v) is 8.64. The van der Waals surface area contributed by atoms with Crippen molar-refractivity contribution in [2.75, 3.05) is 11.9 Å². The highest BCUT2D eigenvalue weighted by Crippen LogP contribution is 2.16. The van der Waals surface area contributed by atoms with E-state index in [1.807, 2.05) is 25.3 Å². The van der Waals surface area contributed by atoms with Crippen molar-refractivity contribution in [3.63, 3.8) is 0 Å². The van der Waals surface area contributed by atoms with Gasteiger partial charge < -0.3 is 14.6 Å². The number of amides is 1. The van der Waals surface area contributed by atoms with Gasteiger partial charge in [0.15, 0.2) is 12.4 Å². The van der Waals surface area contributed by atoms with Crippen LogP contribution >= 0.6 is 0 Å². The average Bonchev–Trinajstić information content (AvgIpc) is 2.93. The molecular formula is C20H24N2O4. The Morgan fingerprint density at radius 2 is 1.73 bits per heavy atom. The number of nitrogens with zero attached hydrogens (tertiary/aromatic N) is 1. The third-order valence-corrected chi connectivity index (χ3v) is 4.26. The second-order valence-electron chi connectivity index (χ2n) is 6.01. The van der Waals surface area contributed by atoms with Crippen molar-refractivity contribution in [2.24, 2.45) is 0 Å². The molecule has 0 radical (unpaired) electrons. The molecule has 138 valence electrons. The van der Waals surface area contributed by atoms with Crippen LogP contribution in [0, 0.1) is 13.8 Å². The minimum Gasteiger partial charge on any atom is -0.454 e. The monoisotopic (exact) mass is 356 g/mol. The molecule has 0 aliphatic heterocycles. The number of aromatic nitrogens is 1. The third kappa shape index (κ3) is 4.39. The number of benzene rings is 1. The zero-order valence-corrected chi connectivity index (χ0v) is 15.6. The first-order chi connectivity index (χ1) is 12.4. The maximum absolute atomic E-state index is 12.3. The Bertz CT molecular complexity index is 819. The Labute approximate surface area is 153 Å². The molecule has 1 N–H and O–H groups in total. The lowest BCUT2D eigenvalue weighted by Gasteiger charge is -2.07. The second-order valence-corrected chi connectivity index (χ2v) is 6.01. The van der Waals surface area contributed by atoms with Crippen molar-refractivity contribution in [1.82, 2.24) is 4.57 Å². The van der Waals surface area contributed by atoms with E-state index in [1.54, 1.807) is 37.3 Å². The molecule has 6 heteroatoms. The standard InChI is InChI=1S/C20H24N2O4/c1-5-19(24)21-16-9-7-15(8-10-16)18(23)12-26-20(25)17-11-13(3)22(6-2)14(17)4/h7-11H,5-6,12H2,1-4H3,(H,21,24). The minimum atomic E-state index is -0.502. The third-order valence-electron chi connectivity index (χ3n) is 4.26. The van der Waals surface area contributed by atoms with Crippen molar-refractivity contribution in [3.05, 3.63) is 52.8 Å². The molecule has 0 saturated heterocycles. The molecule has 6 nitrogen and oxygen atoms in total. The highest BCUT2D eigenvalue weighted by atomic mass is 16.5. The van der Waals surface area contributed by atoms with Crippen molar-refractivity contribution >= 4 is 23.3 Å². The van der Waals surface area contributed by atoms with Crippen LogP contribution in [0.5, 0.6) is 0 Å². The summed E-state index contributed by atoms with van der Waals surface area (Å²) in [7, 11) is 0. The van der Waals surface area contributed by atoms with E-state index < -0.39 is 5.97 Å². The number of esters is 1. The van der Waals surface area contributed by atoms with Gasteiger partial charge in [-0.1, -0.05) is 6.92 Å². The molecule has 1 aromatic carbocycles. The minimum absolute atomic E-state index is 0.0947. The van der Waals surface area contributed by atoms with Crippen molar-refractivity contribution in [3.8, 4) is 0 Å². The van der Waals surface area contributed by atoms with E-state index in [4.69, 9.17) is 4.74 Å². The summed E-state index contributed by atoms with van der Waals surface area (Å²) in [6.45, 7) is 8.00. The molecule has 0 fully saturated rings. The van der Waals surface area contributed by atoms with Gasteiger partial charge >= 0.3 is 5.97 Å². The lowest BCUT2D eigenvalue weighted by molar-refractivity contribution is -0.115. The zero-order chi connectivity index (χ0) is 19.3. The number of ether oxygens (including phenoxy) is 1. The number of carbonyl (C=O) groups excluding carboxylic acids is 3. The van der Waals surface area contributed by atoms with Gasteiger partial charge in [-0.3, -0.25) is 9.59 Å². The maximum atomic E-state index is 12.3. The molecule has 1 aromatic heterocycles. The highest BCUT2D eigenvalue weighted by Gasteiger charge is 2.18. The molecule has 0 unspecified atom stereocenters. The Hall–Kier alpha value is -2.89. The predicted molar refractivity (Wildman–Crippen MR) is 99.6 cm³/mol. The predicted octanol–water partition coefficient (Wildman–Crippen LogP) is 3.51. The molecule has 0 spiro atoms. The topological polar surface area (TPSA) is 77.4 Å². The van der Waals surface area contributed by atoms with Gasteiger partial charge in [-0.05, 0) is 51.1 Å². The van der Waals surface area contributed by atoms with Crippen molar-refractivity contribution < 1.29 is 19.1 Å². The SMILES string of the molecule is CCC(=O)Nc1ccc(C(=O)COC(=O)c2cc(C)n(CC)c2C)cc1. The van der Waals surface area contributed by atoms with Crippen LogP contribution in [0.25, 0.3) is 0 Å². The van der Waals surface area contributed by atoms with Gasteiger partial charge in [0.25, 0.3) is 0 Å². The molecule has 0 aliphatic carbocycles. The van der Waals surface area contributed by atoms with E-state index >= 15 is 0 Å². The van der Waals surface area contributed by atoms with Gasteiger partial charge in [-0.2, -0.15) is 0 Å². The molecule has 1 heterocycles. The molecule has 0 bridgehead atoms. The van der Waals surface area contributed by atoms with Gasteiger partial charge in [0, 0.05) is 35.6 Å². The lowest BCUT2D eigenvalue weighted by atomic mass is 10.1. The van der Waals surface area contributed by atoms with Crippen LogP contribution in [-0.4, -0.2) is 28.8 Å². The number of carbonyl (C=O) groups is 3. The molecule has 2 rings (SSSR count). The number of aryl methyl sites for hydroxylation is 1. The first-order valence-electron chi connectivity index (χ1n) is 8.64. The van der Waals surface area contributed by atoms with E-state index in [1.165, 1.54) is 0 Å². The number of hydrogen-bond donors (Lipinski definition) is 1. The number of rotatable bonds is 7. The van der Waals surface area contributed by atoms with Crippen LogP contribution in [0.4, 0.5) is 5.69 Å². The van der Waals surface area contributed by atoms with E-state index in [-0.39, 0.29) is 18.3 Å². The normalized spacial score (nSPS) is 10.5. The average molecular weight is 356 g/mol. The van der Waals surface area contributed by atoms with Crippen LogP contribution in [0.2, 0.25) is 0 Å². The smallest absolute Gasteiger partial charge is 0.340 e. The molecule has 0 atom stereocenters. The fraction of sp³-hybridized carbons (Fsp3) is 0.350. The van der Waals surface area contributed by atoms with E-state index in [2.05, 4.69) is 5.32 Å². The van der Waals surface area contributed by atoms with Crippen LogP contribution in [-0.2, 0) is 16.1 Å². The summed E-state index contributed by atoms with van der Waals surface area (Å²) < 4.78 is 7.19. The van der Waals surface area contributed by atoms with Gasteiger partial charge in [0.1, 0.15) is 0 Å². The van der Waals surface area contributed by atoms with Gasteiger partial charge in [-0.15, -0.1) is 0 Å². The van der Waals surface area contributed by atoms with Crippen molar-refractivity contribution in [1.29, 1.82) is 0 Å². The Morgan fingerprint density at radius 1 is 1.08 bits per heavy atom. The Kier molecular flexibility index (Phi) is 6.33. The summed E-state index contributed by atoms with van der Waals surface area (Å²) in [5.41, 5.74) is 3.34. The quantitative estimate of drug-likeness (QED) is 0.608. The van der Waals surface area contributed by atoms with E-state index in [0.29, 0.717) is 23.2 Å². The van der Waals surface area contributed by atoms with Crippen molar-refractivity contribution in [2.45, 2.75) is 40.7 Å². The van der Waals surface area contributed by atoms with Gasteiger partial charge in [-0.25, -0.2) is 4.79 Å². The number of hydrogen-bond acceptors (Lipinski definition) is 4. The molecule has 2 aromatic rings. The number of ketones is 1. The molecule has 0 aliphatic rings. The maximum Gasteiger partial charge on any atom is 0.340 e. The van der Waals surface area contributed by atoms with Gasteiger partial charge in [0.05, 0.1) is 5.56 Å². The molecule has 0 saturated carbocycles. The summed E-state index contributed by atoms with van der Waals surface area (Å²) in [5, 5.41) is 2.71. The van der Waals surface area contributed by atoms with E-state index in [9.17, 15) is 14.4 Å². The summed E-state index contributed by atoms with van der Waals surface area (Å²) in [4.78, 5) is 35.8. The lowest BCUT2D eigenvalue weighted by Crippen LogP contribution is -2.15. The van der Waals surface area contributed by atoms with Crippen LogP contribution < -0.4 is 5.32 Å². The Balaban J connectivity index is 1.98. The fourth-order valence-corrected chi connectivity index (χ4v) is 2.78. The largest absolute Gasteiger partial charge is 0.454 e. The number of Topliss-reactive ketones (excluding diaryl/α,β-unsaturated/α-hetero) is 1. The van der Waals surface area contributed by atoms with E-state index in [0.717, 1.165) is 17.9 Å². The van der Waals surface area contributed by atoms with Crippen LogP contribution in [0.3, 0.4) is 0 Å². The van der Waals surface area contributed by atoms with Crippen LogP contribution in [0.1, 0.15) is 52.4 Å². The number of anilines is 1. The molecule has 26 heavy (non-hydrogen) atoms. The summed E-state index contributed by atoms with van der Waals surface area (Å²) >= 11 is 0. The Morgan fingerprint density at radius 3 is 2.27 bits per heavy atom. The highest BCUT2D eigenvalue weighted by molar-refractivity contribution is 6.00. The van der Waals surface area contributed by atoms with Gasteiger partial charge in [0.2, 0.25) is 5.91 Å². The summed E-state index contributed by atoms with van der Waals surface area (Å²) in [5.74, 6) is -0.892. The molecular weight excluding hydrogens is 332 g/mol. The zero-order valence-electron chi connectivity index (χ0n) is 15.6. The summed E-state index contributed by atoms with van der Waals surface area (Å²) in [6.07, 6.45) is 0.384. The molecule has 1 amide bonds. The summed E-state index contributed by atoms with van der Waals surface area (Å²) in [6, 6.07) is 8.28. The second kappa shape index (κ2) is 8.47. The fourth-order valence-electron chi connectivity index (χ4n) is 2.78.